The van der Waals surface area contributed by atoms with Gasteiger partial charge in [-0.25, -0.2) is 0 Å². The van der Waals surface area contributed by atoms with Crippen LogP contribution in [0.15, 0.2) is 29.0 Å². The fourth-order valence-electron chi connectivity index (χ4n) is 4.10. The molecule has 1 atom stereocenters. The molecule has 2 aliphatic rings. The summed E-state index contributed by atoms with van der Waals surface area (Å²) in [6.45, 7) is 1.25. The van der Waals surface area contributed by atoms with E-state index in [4.69, 9.17) is 44.4 Å². The lowest BCUT2D eigenvalue weighted by Gasteiger charge is -2.27. The zero-order valence-corrected chi connectivity index (χ0v) is 17.8. The predicted octanol–water partition coefficient (Wildman–Crippen LogP) is 3.98. The van der Waals surface area contributed by atoms with E-state index in [9.17, 15) is 9.59 Å². The van der Waals surface area contributed by atoms with Crippen molar-refractivity contribution < 1.29 is 14.1 Å². The minimum absolute atomic E-state index is 0.137. The van der Waals surface area contributed by atoms with Gasteiger partial charge in [0.25, 0.3) is 5.91 Å². The van der Waals surface area contributed by atoms with Gasteiger partial charge in [0.1, 0.15) is 12.0 Å². The summed E-state index contributed by atoms with van der Waals surface area (Å²) in [7, 11) is 0. The van der Waals surface area contributed by atoms with Crippen molar-refractivity contribution in [1.29, 1.82) is 0 Å². The molecule has 2 aromatic heterocycles. The largest absolute Gasteiger partial charge is 0.364 e. The molecule has 154 valence electrons. The number of carbonyl (C=O) groups excluding carboxylic acids is 2. The standard InChI is InChI=1S/C20H15Cl3N4O3/c21-14-2-1-10(6-15(14)22)20(29)26-4-3-16-13(8-26)18-17-12(9-30-25-17)5-11(19(23)28)7-27(18)24-16/h1-2,6,9,11H,3-5,7-8H2. The predicted molar refractivity (Wildman–Crippen MR) is 111 cm³/mol. The topological polar surface area (TPSA) is 81.2 Å². The highest BCUT2D eigenvalue weighted by Crippen LogP contribution is 2.36. The number of benzene rings is 1. The van der Waals surface area contributed by atoms with Crippen molar-refractivity contribution in [3.63, 3.8) is 0 Å². The number of nitrogens with zero attached hydrogens (tertiary/aromatic N) is 4. The van der Waals surface area contributed by atoms with Gasteiger partial charge in [0.05, 0.1) is 40.4 Å². The third-order valence-electron chi connectivity index (χ3n) is 5.60. The fourth-order valence-corrected chi connectivity index (χ4v) is 4.54. The number of amides is 1. The van der Waals surface area contributed by atoms with Crippen LogP contribution < -0.4 is 0 Å². The number of rotatable bonds is 2. The summed E-state index contributed by atoms with van der Waals surface area (Å²) >= 11 is 17.9. The van der Waals surface area contributed by atoms with Crippen LogP contribution in [0, 0.1) is 5.92 Å². The summed E-state index contributed by atoms with van der Waals surface area (Å²) in [6, 6.07) is 4.85. The summed E-state index contributed by atoms with van der Waals surface area (Å²) in [6.07, 6.45) is 2.57. The van der Waals surface area contributed by atoms with Gasteiger partial charge in [0.2, 0.25) is 5.24 Å². The molecule has 7 nitrogen and oxygen atoms in total. The van der Waals surface area contributed by atoms with E-state index in [1.807, 2.05) is 0 Å². The second-order valence-electron chi connectivity index (χ2n) is 7.46. The molecule has 0 saturated carbocycles. The maximum absolute atomic E-state index is 13.1. The van der Waals surface area contributed by atoms with Crippen molar-refractivity contribution in [1.82, 2.24) is 19.8 Å². The minimum Gasteiger partial charge on any atom is -0.364 e. The smallest absolute Gasteiger partial charge is 0.254 e. The van der Waals surface area contributed by atoms with E-state index in [-0.39, 0.29) is 5.91 Å². The zero-order chi connectivity index (χ0) is 21.0. The highest BCUT2D eigenvalue weighted by atomic mass is 35.5. The molecule has 30 heavy (non-hydrogen) atoms. The molecule has 0 aliphatic carbocycles. The van der Waals surface area contributed by atoms with E-state index in [1.165, 1.54) is 0 Å². The first-order valence-corrected chi connectivity index (χ1v) is 10.5. The van der Waals surface area contributed by atoms with Crippen LogP contribution in [0.25, 0.3) is 11.4 Å². The molecule has 0 bridgehead atoms. The number of hydrogen-bond donors (Lipinski definition) is 0. The van der Waals surface area contributed by atoms with Gasteiger partial charge in [-0.2, -0.15) is 5.10 Å². The molecule has 0 saturated heterocycles. The van der Waals surface area contributed by atoms with Gasteiger partial charge in [0, 0.05) is 29.7 Å². The van der Waals surface area contributed by atoms with Gasteiger partial charge in [0.15, 0.2) is 0 Å². The molecule has 1 aromatic carbocycles. The fraction of sp³-hybridized carbons (Fsp3) is 0.300. The molecule has 10 heteroatoms. The summed E-state index contributed by atoms with van der Waals surface area (Å²) < 4.78 is 6.96. The van der Waals surface area contributed by atoms with Crippen LogP contribution in [-0.4, -0.2) is 37.5 Å². The van der Waals surface area contributed by atoms with E-state index in [1.54, 1.807) is 34.0 Å². The second-order valence-corrected chi connectivity index (χ2v) is 8.64. The molecule has 0 radical (unpaired) electrons. The molecule has 0 spiro atoms. The highest BCUT2D eigenvalue weighted by molar-refractivity contribution is 6.64. The summed E-state index contributed by atoms with van der Waals surface area (Å²) in [5.41, 5.74) is 4.51. The van der Waals surface area contributed by atoms with E-state index in [2.05, 4.69) is 5.16 Å². The Morgan fingerprint density at radius 2 is 2.03 bits per heavy atom. The number of halogens is 3. The Hall–Kier alpha value is -2.35. The lowest BCUT2D eigenvalue weighted by molar-refractivity contribution is -0.115. The Kier molecular flexibility index (Phi) is 4.84. The Bertz CT molecular complexity index is 1190. The quantitative estimate of drug-likeness (QED) is 0.535. The second kappa shape index (κ2) is 7.41. The summed E-state index contributed by atoms with van der Waals surface area (Å²) in [4.78, 5) is 26.7. The van der Waals surface area contributed by atoms with Crippen molar-refractivity contribution >= 4 is 46.0 Å². The van der Waals surface area contributed by atoms with E-state index in [0.717, 1.165) is 22.5 Å². The van der Waals surface area contributed by atoms with E-state index in [0.29, 0.717) is 53.8 Å². The molecule has 3 aromatic rings. The van der Waals surface area contributed by atoms with E-state index >= 15 is 0 Å². The van der Waals surface area contributed by atoms with Crippen molar-refractivity contribution in [2.45, 2.75) is 25.9 Å². The summed E-state index contributed by atoms with van der Waals surface area (Å²) in [5, 5.41) is 9.18. The van der Waals surface area contributed by atoms with Gasteiger partial charge in [-0.1, -0.05) is 28.4 Å². The average molecular weight is 466 g/mol. The van der Waals surface area contributed by atoms with Crippen LogP contribution in [0.1, 0.15) is 27.2 Å². The number of fused-ring (bicyclic) bond motifs is 5. The molecular formula is C20H15Cl3N4O3. The van der Waals surface area contributed by atoms with Gasteiger partial charge in [-0.05, 0) is 36.2 Å². The normalized spacial score (nSPS) is 17.7. The monoisotopic (exact) mass is 464 g/mol. The third-order valence-corrected chi connectivity index (χ3v) is 6.65. The molecule has 0 N–H and O–H groups in total. The molecule has 5 rings (SSSR count). The van der Waals surface area contributed by atoms with Crippen LogP contribution in [0.5, 0.6) is 0 Å². The average Bonchev–Trinajstić information content (AvgIpc) is 3.28. The molecular weight excluding hydrogens is 451 g/mol. The van der Waals surface area contributed by atoms with Crippen LogP contribution in [-0.2, 0) is 30.7 Å². The Morgan fingerprint density at radius 1 is 1.20 bits per heavy atom. The lowest BCUT2D eigenvalue weighted by Crippen LogP contribution is -2.36. The first-order chi connectivity index (χ1) is 14.4. The Balaban J connectivity index is 1.52. The van der Waals surface area contributed by atoms with E-state index < -0.39 is 11.2 Å². The highest BCUT2D eigenvalue weighted by Gasteiger charge is 2.34. The Labute approximate surface area is 186 Å². The van der Waals surface area contributed by atoms with Gasteiger partial charge < -0.3 is 9.42 Å². The van der Waals surface area contributed by atoms with Crippen LogP contribution in [0.3, 0.4) is 0 Å². The van der Waals surface area contributed by atoms with Crippen molar-refractivity contribution in [2.24, 2.45) is 5.92 Å². The molecule has 1 unspecified atom stereocenters. The first kappa shape index (κ1) is 19.6. The van der Waals surface area contributed by atoms with Gasteiger partial charge in [-0.3, -0.25) is 14.3 Å². The van der Waals surface area contributed by atoms with Crippen molar-refractivity contribution in [3.05, 3.63) is 56.9 Å². The van der Waals surface area contributed by atoms with Crippen LogP contribution >= 0.6 is 34.8 Å². The SMILES string of the molecule is O=C(Cl)C1Cc2conc2-c2c3c(nn2C1)CCN(C(=O)c1ccc(Cl)c(Cl)c1)C3. The van der Waals surface area contributed by atoms with Crippen molar-refractivity contribution in [2.75, 3.05) is 6.54 Å². The van der Waals surface area contributed by atoms with Crippen LogP contribution in [0.2, 0.25) is 10.0 Å². The first-order valence-electron chi connectivity index (χ1n) is 9.38. The lowest BCUT2D eigenvalue weighted by atomic mass is 9.99. The number of carbonyl (C=O) groups is 2. The van der Waals surface area contributed by atoms with Crippen molar-refractivity contribution in [3.8, 4) is 11.4 Å². The van der Waals surface area contributed by atoms with Gasteiger partial charge >= 0.3 is 0 Å². The maximum Gasteiger partial charge on any atom is 0.254 e. The van der Waals surface area contributed by atoms with Crippen LogP contribution in [0.4, 0.5) is 0 Å². The molecule has 1 amide bonds. The minimum atomic E-state index is -0.417. The third kappa shape index (κ3) is 3.21. The molecule has 0 fully saturated rings. The maximum atomic E-state index is 13.1. The number of aromatic nitrogens is 3. The Morgan fingerprint density at radius 3 is 2.80 bits per heavy atom. The summed E-state index contributed by atoms with van der Waals surface area (Å²) in [5.74, 6) is -0.552. The van der Waals surface area contributed by atoms with Gasteiger partial charge in [-0.15, -0.1) is 0 Å². The molecule has 2 aliphatic heterocycles. The molecule has 4 heterocycles. The zero-order valence-electron chi connectivity index (χ0n) is 15.6. The number of hydrogen-bond acceptors (Lipinski definition) is 5.